The normalized spacial score (nSPS) is 20.5. The zero-order chi connectivity index (χ0) is 20.5. The zero-order valence-electron chi connectivity index (χ0n) is 16.5. The molecule has 1 N–H and O–H groups in total. The van der Waals surface area contributed by atoms with Crippen LogP contribution in [0.3, 0.4) is 0 Å². The van der Waals surface area contributed by atoms with E-state index >= 15 is 0 Å². The molecule has 0 spiro atoms. The van der Waals surface area contributed by atoms with Gasteiger partial charge in [-0.2, -0.15) is 4.31 Å². The zero-order valence-corrected chi connectivity index (χ0v) is 17.3. The fourth-order valence-corrected chi connectivity index (χ4v) is 5.42. The van der Waals surface area contributed by atoms with Gasteiger partial charge in [0.15, 0.2) is 0 Å². The Morgan fingerprint density at radius 2 is 1.86 bits per heavy atom. The lowest BCUT2D eigenvalue weighted by Gasteiger charge is -2.27. The van der Waals surface area contributed by atoms with E-state index in [0.29, 0.717) is 19.4 Å². The molecule has 5 nitrogen and oxygen atoms in total. The highest BCUT2D eigenvalue weighted by Crippen LogP contribution is 2.37. The van der Waals surface area contributed by atoms with E-state index in [-0.39, 0.29) is 23.9 Å². The summed E-state index contributed by atoms with van der Waals surface area (Å²) in [7, 11) is 0.110. The number of aliphatic hydroxyl groups excluding tert-OH is 1. The third-order valence-electron chi connectivity index (χ3n) is 5.53. The monoisotopic (exact) mass is 406 g/mol. The third-order valence-corrected chi connectivity index (χ3v) is 7.37. The maximum Gasteiger partial charge on any atom is 0.243 e. The summed E-state index contributed by atoms with van der Waals surface area (Å²) in [5, 5.41) is 10.0. The summed E-state index contributed by atoms with van der Waals surface area (Å²) in [6, 6.07) is 11.3. The molecule has 1 saturated heterocycles. The Balaban J connectivity index is 1.84. The van der Waals surface area contributed by atoms with Gasteiger partial charge in [-0.25, -0.2) is 12.8 Å². The van der Waals surface area contributed by atoms with Crippen LogP contribution in [0.25, 0.3) is 0 Å². The SMILES string of the molecule is Cc1ccc(S(=O)(=O)N2CCC(CO)(Cc3ccc(F)cc3)C2)cc1N(C)C. The van der Waals surface area contributed by atoms with Crippen LogP contribution in [-0.4, -0.2) is 51.6 Å². The molecule has 152 valence electrons. The number of hydrogen-bond donors (Lipinski definition) is 1. The highest BCUT2D eigenvalue weighted by molar-refractivity contribution is 7.89. The van der Waals surface area contributed by atoms with Gasteiger partial charge in [0.1, 0.15) is 5.82 Å². The molecule has 1 heterocycles. The molecule has 2 aromatic carbocycles. The standard InChI is InChI=1S/C21H27FN2O3S/c1-16-4-9-19(12-20(16)23(2)3)28(26,27)24-11-10-21(14-24,15-25)13-17-5-7-18(22)8-6-17/h4-9,12,25H,10-11,13-15H2,1-3H3. The van der Waals surface area contributed by atoms with E-state index in [1.165, 1.54) is 16.4 Å². The number of nitrogens with zero attached hydrogens (tertiary/aromatic N) is 2. The van der Waals surface area contributed by atoms with Crippen molar-refractivity contribution in [2.24, 2.45) is 5.41 Å². The van der Waals surface area contributed by atoms with Gasteiger partial charge in [-0.15, -0.1) is 0 Å². The molecular weight excluding hydrogens is 379 g/mol. The number of hydrogen-bond acceptors (Lipinski definition) is 4. The fourth-order valence-electron chi connectivity index (χ4n) is 3.84. The van der Waals surface area contributed by atoms with E-state index in [1.54, 1.807) is 24.3 Å². The van der Waals surface area contributed by atoms with Crippen molar-refractivity contribution in [3.8, 4) is 0 Å². The molecule has 1 unspecified atom stereocenters. The molecule has 0 radical (unpaired) electrons. The number of anilines is 1. The molecule has 7 heteroatoms. The van der Waals surface area contributed by atoms with E-state index < -0.39 is 15.4 Å². The van der Waals surface area contributed by atoms with Crippen molar-refractivity contribution in [2.45, 2.75) is 24.7 Å². The number of benzene rings is 2. The number of aliphatic hydroxyl groups is 1. The highest BCUT2D eigenvalue weighted by Gasteiger charge is 2.42. The van der Waals surface area contributed by atoms with Crippen LogP contribution >= 0.6 is 0 Å². The van der Waals surface area contributed by atoms with Gasteiger partial charge in [-0.3, -0.25) is 0 Å². The Morgan fingerprint density at radius 3 is 2.46 bits per heavy atom. The molecule has 1 aliphatic rings. The topological polar surface area (TPSA) is 60.9 Å². The number of aryl methyl sites for hydroxylation is 1. The highest BCUT2D eigenvalue weighted by atomic mass is 32.2. The summed E-state index contributed by atoms with van der Waals surface area (Å²) in [6.07, 6.45) is 1.07. The van der Waals surface area contributed by atoms with Crippen LogP contribution in [0, 0.1) is 18.2 Å². The first-order chi connectivity index (χ1) is 13.2. The molecule has 1 aliphatic heterocycles. The molecule has 2 aromatic rings. The summed E-state index contributed by atoms with van der Waals surface area (Å²) in [4.78, 5) is 2.16. The lowest BCUT2D eigenvalue weighted by molar-refractivity contribution is 0.137. The van der Waals surface area contributed by atoms with Crippen molar-refractivity contribution in [3.63, 3.8) is 0 Å². The second-order valence-electron chi connectivity index (χ2n) is 7.89. The van der Waals surface area contributed by atoms with Gasteiger partial charge in [0.25, 0.3) is 0 Å². The summed E-state index contributed by atoms with van der Waals surface area (Å²) in [5.74, 6) is -0.312. The van der Waals surface area contributed by atoms with Crippen LogP contribution in [0.2, 0.25) is 0 Å². The van der Waals surface area contributed by atoms with Crippen LogP contribution < -0.4 is 4.90 Å². The van der Waals surface area contributed by atoms with Crippen molar-refractivity contribution in [2.75, 3.05) is 38.7 Å². The summed E-state index contributed by atoms with van der Waals surface area (Å²) in [5.41, 5.74) is 2.20. The Morgan fingerprint density at radius 1 is 1.18 bits per heavy atom. The lowest BCUT2D eigenvalue weighted by atomic mass is 9.82. The van der Waals surface area contributed by atoms with Crippen LogP contribution in [0.4, 0.5) is 10.1 Å². The lowest BCUT2D eigenvalue weighted by Crippen LogP contribution is -2.35. The second kappa shape index (κ2) is 7.81. The maximum absolute atomic E-state index is 13.2. The molecule has 28 heavy (non-hydrogen) atoms. The Hall–Kier alpha value is -1.96. The van der Waals surface area contributed by atoms with Crippen LogP contribution in [-0.2, 0) is 16.4 Å². The van der Waals surface area contributed by atoms with Gasteiger partial charge in [-0.05, 0) is 55.2 Å². The molecule has 1 atom stereocenters. The molecular formula is C21H27FN2O3S. The third kappa shape index (κ3) is 4.06. The molecule has 0 saturated carbocycles. The average molecular weight is 407 g/mol. The van der Waals surface area contributed by atoms with Crippen molar-refractivity contribution >= 4 is 15.7 Å². The van der Waals surface area contributed by atoms with Crippen LogP contribution in [0.15, 0.2) is 47.4 Å². The molecule has 0 aliphatic carbocycles. The van der Waals surface area contributed by atoms with Crippen molar-refractivity contribution in [1.29, 1.82) is 0 Å². The number of halogens is 1. The van der Waals surface area contributed by atoms with Gasteiger partial charge < -0.3 is 10.0 Å². The first-order valence-corrected chi connectivity index (χ1v) is 10.7. The molecule has 1 fully saturated rings. The molecule has 0 amide bonds. The van der Waals surface area contributed by atoms with Crippen molar-refractivity contribution in [3.05, 3.63) is 59.4 Å². The maximum atomic E-state index is 13.2. The summed E-state index contributed by atoms with van der Waals surface area (Å²) >= 11 is 0. The second-order valence-corrected chi connectivity index (χ2v) is 9.83. The first-order valence-electron chi connectivity index (χ1n) is 9.30. The van der Waals surface area contributed by atoms with Crippen molar-refractivity contribution in [1.82, 2.24) is 4.31 Å². The van der Waals surface area contributed by atoms with E-state index in [9.17, 15) is 17.9 Å². The van der Waals surface area contributed by atoms with E-state index in [0.717, 1.165) is 16.8 Å². The minimum Gasteiger partial charge on any atom is -0.396 e. The Bertz CT molecular complexity index is 945. The predicted octanol–water partition coefficient (Wildman–Crippen LogP) is 2.82. The van der Waals surface area contributed by atoms with E-state index in [4.69, 9.17) is 0 Å². The number of rotatable bonds is 6. The minimum atomic E-state index is -3.66. The molecule has 3 rings (SSSR count). The predicted molar refractivity (Wildman–Crippen MR) is 109 cm³/mol. The number of sulfonamides is 1. The van der Waals surface area contributed by atoms with E-state index in [1.807, 2.05) is 32.0 Å². The fraction of sp³-hybridized carbons (Fsp3) is 0.429. The minimum absolute atomic E-state index is 0.118. The summed E-state index contributed by atoms with van der Waals surface area (Å²) < 4.78 is 41.0. The van der Waals surface area contributed by atoms with Gasteiger partial charge in [0.05, 0.1) is 11.5 Å². The van der Waals surface area contributed by atoms with Crippen molar-refractivity contribution < 1.29 is 17.9 Å². The van der Waals surface area contributed by atoms with Gasteiger partial charge in [0.2, 0.25) is 10.0 Å². The summed E-state index contributed by atoms with van der Waals surface area (Å²) in [6.45, 7) is 2.43. The molecule has 0 bridgehead atoms. The van der Waals surface area contributed by atoms with Gasteiger partial charge >= 0.3 is 0 Å². The van der Waals surface area contributed by atoms with Gasteiger partial charge in [0, 0.05) is 38.3 Å². The van der Waals surface area contributed by atoms with Crippen LogP contribution in [0.5, 0.6) is 0 Å². The first kappa shape index (κ1) is 20.8. The molecule has 0 aromatic heterocycles. The average Bonchev–Trinajstić information content (AvgIpc) is 3.09. The quantitative estimate of drug-likeness (QED) is 0.801. The largest absolute Gasteiger partial charge is 0.396 e. The van der Waals surface area contributed by atoms with Gasteiger partial charge in [-0.1, -0.05) is 18.2 Å². The Labute approximate surface area is 166 Å². The Kier molecular flexibility index (Phi) is 5.79. The smallest absolute Gasteiger partial charge is 0.243 e. The van der Waals surface area contributed by atoms with E-state index in [2.05, 4.69) is 0 Å². The van der Waals surface area contributed by atoms with Crippen LogP contribution in [0.1, 0.15) is 17.5 Å².